The smallest absolute Gasteiger partial charge is 0.164 e. The van der Waals surface area contributed by atoms with Gasteiger partial charge in [0.15, 0.2) is 5.50 Å². The van der Waals surface area contributed by atoms with Crippen LogP contribution < -0.4 is 17.0 Å². The van der Waals surface area contributed by atoms with E-state index < -0.39 is 0 Å². The summed E-state index contributed by atoms with van der Waals surface area (Å²) in [5, 5.41) is 0. The molecular weight excluding hydrogens is 358 g/mol. The highest BCUT2D eigenvalue weighted by Crippen LogP contribution is 2.17. The van der Waals surface area contributed by atoms with Gasteiger partial charge in [0.05, 0.1) is 21.1 Å². The Labute approximate surface area is 156 Å². The van der Waals surface area contributed by atoms with Crippen LogP contribution in [0, 0.1) is 0 Å². The summed E-state index contributed by atoms with van der Waals surface area (Å²) < 4.78 is 0.875. The van der Waals surface area contributed by atoms with Gasteiger partial charge in [-0.3, -0.25) is 0 Å². The molecule has 0 saturated carbocycles. The number of hydrogen-bond acceptors (Lipinski definition) is 0. The second-order valence-electron chi connectivity index (χ2n) is 7.58. The van der Waals surface area contributed by atoms with Gasteiger partial charge >= 0.3 is 0 Å². The SMILES string of the molecule is CCCCCCCCCCCCCCCC(Cl)[N+](C)(C)C.[Br-]. The Bertz CT molecular complexity index is 216. The summed E-state index contributed by atoms with van der Waals surface area (Å²) in [5.74, 6) is 0. The zero-order valence-electron chi connectivity index (χ0n) is 15.7. The maximum atomic E-state index is 6.37. The van der Waals surface area contributed by atoms with Gasteiger partial charge in [0.1, 0.15) is 0 Å². The average Bonchev–Trinajstić information content (AvgIpc) is 2.42. The van der Waals surface area contributed by atoms with Crippen molar-refractivity contribution in [2.75, 3.05) is 21.1 Å². The maximum absolute atomic E-state index is 6.37. The van der Waals surface area contributed by atoms with E-state index in [2.05, 4.69) is 28.1 Å². The summed E-state index contributed by atoms with van der Waals surface area (Å²) in [6, 6.07) is 0. The monoisotopic (exact) mass is 397 g/mol. The zero-order valence-corrected chi connectivity index (χ0v) is 18.0. The fourth-order valence-corrected chi connectivity index (χ4v) is 2.87. The van der Waals surface area contributed by atoms with E-state index in [1.165, 1.54) is 83.5 Å². The molecule has 0 aromatic carbocycles. The van der Waals surface area contributed by atoms with Gasteiger partial charge < -0.3 is 21.5 Å². The third kappa shape index (κ3) is 17.1. The topological polar surface area (TPSA) is 0 Å². The van der Waals surface area contributed by atoms with Crippen molar-refractivity contribution in [3.05, 3.63) is 0 Å². The molecule has 1 unspecified atom stereocenters. The molecule has 3 heteroatoms. The molecule has 0 saturated heterocycles. The molecular formula is C19H41BrClN. The van der Waals surface area contributed by atoms with E-state index in [1.807, 2.05) is 0 Å². The lowest BCUT2D eigenvalue weighted by Crippen LogP contribution is -3.00. The van der Waals surface area contributed by atoms with Gasteiger partial charge in [0, 0.05) is 6.42 Å². The van der Waals surface area contributed by atoms with Gasteiger partial charge in [-0.05, 0) is 6.42 Å². The molecule has 0 spiro atoms. The van der Waals surface area contributed by atoms with Crippen molar-refractivity contribution in [3.8, 4) is 0 Å². The van der Waals surface area contributed by atoms with E-state index in [0.717, 1.165) is 10.9 Å². The zero-order chi connectivity index (χ0) is 16.0. The number of rotatable bonds is 15. The molecule has 1 nitrogen and oxygen atoms in total. The molecule has 0 amide bonds. The fourth-order valence-electron chi connectivity index (χ4n) is 2.72. The van der Waals surface area contributed by atoms with Crippen LogP contribution in [0.5, 0.6) is 0 Å². The Kier molecular flexibility index (Phi) is 18.8. The first-order valence-corrected chi connectivity index (χ1v) is 9.87. The predicted octanol–water partition coefficient (Wildman–Crippen LogP) is 3.74. The van der Waals surface area contributed by atoms with Gasteiger partial charge in [-0.25, -0.2) is 0 Å². The van der Waals surface area contributed by atoms with E-state index >= 15 is 0 Å². The first-order chi connectivity index (χ1) is 9.98. The molecule has 0 rings (SSSR count). The number of hydrogen-bond donors (Lipinski definition) is 0. The largest absolute Gasteiger partial charge is 1.00 e. The van der Waals surface area contributed by atoms with Gasteiger partial charge in [0.2, 0.25) is 0 Å². The third-order valence-electron chi connectivity index (χ3n) is 4.39. The third-order valence-corrected chi connectivity index (χ3v) is 5.19. The summed E-state index contributed by atoms with van der Waals surface area (Å²) in [4.78, 5) is 0. The second-order valence-corrected chi connectivity index (χ2v) is 8.09. The molecule has 22 heavy (non-hydrogen) atoms. The Morgan fingerprint density at radius 3 is 1.27 bits per heavy atom. The predicted molar refractivity (Wildman–Crippen MR) is 98.0 cm³/mol. The second kappa shape index (κ2) is 16.6. The van der Waals surface area contributed by atoms with Crippen LogP contribution in [0.15, 0.2) is 0 Å². The molecule has 0 aromatic heterocycles. The molecule has 0 aliphatic heterocycles. The Balaban J connectivity index is 0. The van der Waals surface area contributed by atoms with Crippen LogP contribution >= 0.6 is 11.6 Å². The van der Waals surface area contributed by atoms with Crippen LogP contribution in [0.3, 0.4) is 0 Å². The van der Waals surface area contributed by atoms with Crippen LogP contribution in [-0.2, 0) is 0 Å². The normalized spacial score (nSPS) is 13.0. The number of alkyl halides is 1. The fraction of sp³-hybridized carbons (Fsp3) is 1.00. The van der Waals surface area contributed by atoms with Crippen LogP contribution in [0.25, 0.3) is 0 Å². The highest BCUT2D eigenvalue weighted by Gasteiger charge is 2.19. The van der Waals surface area contributed by atoms with Gasteiger partial charge in [-0.2, -0.15) is 0 Å². The van der Waals surface area contributed by atoms with Crippen LogP contribution in [-0.4, -0.2) is 31.1 Å². The van der Waals surface area contributed by atoms with Crippen molar-refractivity contribution >= 4 is 11.6 Å². The number of nitrogens with zero attached hydrogens (tertiary/aromatic N) is 1. The molecule has 0 N–H and O–H groups in total. The molecule has 1 atom stereocenters. The first-order valence-electron chi connectivity index (χ1n) is 9.43. The highest BCUT2D eigenvalue weighted by molar-refractivity contribution is 6.19. The molecule has 136 valence electrons. The van der Waals surface area contributed by atoms with Gasteiger partial charge in [-0.1, -0.05) is 95.6 Å². The number of unbranched alkanes of at least 4 members (excludes halogenated alkanes) is 12. The van der Waals surface area contributed by atoms with Crippen LogP contribution in [0.2, 0.25) is 0 Å². The average molecular weight is 399 g/mol. The van der Waals surface area contributed by atoms with Crippen LogP contribution in [0.4, 0.5) is 0 Å². The summed E-state index contributed by atoms with van der Waals surface area (Å²) >= 11 is 6.37. The van der Waals surface area contributed by atoms with Crippen molar-refractivity contribution in [2.45, 2.75) is 102 Å². The van der Waals surface area contributed by atoms with E-state index in [-0.39, 0.29) is 22.5 Å². The lowest BCUT2D eigenvalue weighted by molar-refractivity contribution is -0.882. The molecule has 0 fully saturated rings. The molecule has 0 aliphatic rings. The quantitative estimate of drug-likeness (QED) is 0.171. The maximum Gasteiger partial charge on any atom is 0.164 e. The number of halogens is 2. The van der Waals surface area contributed by atoms with Crippen molar-refractivity contribution in [1.29, 1.82) is 0 Å². The first kappa shape index (κ1) is 25.0. The van der Waals surface area contributed by atoms with Crippen molar-refractivity contribution in [2.24, 2.45) is 0 Å². The van der Waals surface area contributed by atoms with Gasteiger partial charge in [0.25, 0.3) is 0 Å². The Hall–Kier alpha value is 0.730. The van der Waals surface area contributed by atoms with E-state index in [9.17, 15) is 0 Å². The Morgan fingerprint density at radius 2 is 0.955 bits per heavy atom. The van der Waals surface area contributed by atoms with E-state index in [4.69, 9.17) is 11.6 Å². The molecule has 0 bridgehead atoms. The lowest BCUT2D eigenvalue weighted by Gasteiger charge is -2.29. The standard InChI is InChI=1S/C19H41ClN.BrH/c1-5-6-7-8-9-10-11-12-13-14-15-16-17-18-19(20)21(2,3)4;/h19H,5-18H2,1-4H3;1H/q+1;/p-1. The number of quaternary nitrogens is 1. The summed E-state index contributed by atoms with van der Waals surface area (Å²) in [7, 11) is 6.54. The van der Waals surface area contributed by atoms with Crippen molar-refractivity contribution in [1.82, 2.24) is 0 Å². The lowest BCUT2D eigenvalue weighted by atomic mass is 10.0. The highest BCUT2D eigenvalue weighted by atomic mass is 79.9. The Morgan fingerprint density at radius 1 is 0.636 bits per heavy atom. The van der Waals surface area contributed by atoms with Gasteiger partial charge in [-0.15, -0.1) is 0 Å². The van der Waals surface area contributed by atoms with Crippen molar-refractivity contribution < 1.29 is 21.5 Å². The molecule has 0 aliphatic carbocycles. The summed E-state index contributed by atoms with van der Waals surface area (Å²) in [6.45, 7) is 2.29. The minimum atomic E-state index is 0. The molecule has 0 radical (unpaired) electrons. The van der Waals surface area contributed by atoms with E-state index in [1.54, 1.807) is 0 Å². The molecule has 0 aromatic rings. The summed E-state index contributed by atoms with van der Waals surface area (Å²) in [6.07, 6.45) is 19.6. The van der Waals surface area contributed by atoms with E-state index in [0.29, 0.717) is 0 Å². The van der Waals surface area contributed by atoms with Crippen LogP contribution in [0.1, 0.15) is 96.8 Å². The molecule has 0 heterocycles. The summed E-state index contributed by atoms with van der Waals surface area (Å²) in [5.41, 5.74) is 0.276. The minimum absolute atomic E-state index is 0. The van der Waals surface area contributed by atoms with Crippen molar-refractivity contribution in [3.63, 3.8) is 0 Å². The minimum Gasteiger partial charge on any atom is -1.00 e.